The van der Waals surface area contributed by atoms with Gasteiger partial charge in [0.25, 0.3) is 0 Å². The average Bonchev–Trinajstić information content (AvgIpc) is 2.89. The van der Waals surface area contributed by atoms with Crippen LogP contribution in [-0.2, 0) is 13.1 Å². The van der Waals surface area contributed by atoms with Crippen LogP contribution < -0.4 is 10.6 Å². The highest BCUT2D eigenvalue weighted by atomic mass is 15.3. The van der Waals surface area contributed by atoms with Crippen LogP contribution in [0.25, 0.3) is 11.0 Å². The summed E-state index contributed by atoms with van der Waals surface area (Å²) in [7, 11) is 0. The van der Waals surface area contributed by atoms with Gasteiger partial charge in [0.15, 0.2) is 0 Å². The zero-order chi connectivity index (χ0) is 13.5. The van der Waals surface area contributed by atoms with E-state index in [1.54, 1.807) is 0 Å². The van der Waals surface area contributed by atoms with Gasteiger partial charge in [-0.25, -0.2) is 4.98 Å². The van der Waals surface area contributed by atoms with Crippen molar-refractivity contribution in [1.29, 1.82) is 0 Å². The van der Waals surface area contributed by atoms with Crippen molar-refractivity contribution in [2.45, 2.75) is 13.1 Å². The Bertz CT molecular complexity index is 799. The van der Waals surface area contributed by atoms with E-state index in [9.17, 15) is 0 Å². The summed E-state index contributed by atoms with van der Waals surface area (Å²) in [6.07, 6.45) is 0. The largest absolute Gasteiger partial charge is 0.399 e. The standard InChI is InChI=1S/C15H13N5/c16-12-6-5-10-8-20(9-11(10)7-12)15-17-13-3-1-2-4-14(13)18-19-15/h1-7H,8-9,16H2. The number of fused-ring (bicyclic) bond motifs is 2. The molecule has 0 radical (unpaired) electrons. The van der Waals surface area contributed by atoms with Crippen molar-refractivity contribution < 1.29 is 0 Å². The van der Waals surface area contributed by atoms with Gasteiger partial charge in [0.2, 0.25) is 5.95 Å². The molecule has 98 valence electrons. The van der Waals surface area contributed by atoms with E-state index in [4.69, 9.17) is 5.73 Å². The summed E-state index contributed by atoms with van der Waals surface area (Å²) in [5.74, 6) is 0.665. The summed E-state index contributed by atoms with van der Waals surface area (Å²) in [5, 5.41) is 8.46. The lowest BCUT2D eigenvalue weighted by Gasteiger charge is -2.14. The molecule has 0 bridgehead atoms. The molecule has 1 aromatic heterocycles. The predicted molar refractivity (Wildman–Crippen MR) is 78.1 cm³/mol. The van der Waals surface area contributed by atoms with Crippen molar-refractivity contribution in [1.82, 2.24) is 15.2 Å². The van der Waals surface area contributed by atoms with E-state index in [0.717, 1.165) is 29.8 Å². The summed E-state index contributed by atoms with van der Waals surface area (Å²) in [6.45, 7) is 1.58. The molecule has 4 rings (SSSR count). The number of aromatic nitrogens is 3. The summed E-state index contributed by atoms with van der Waals surface area (Å²) in [4.78, 5) is 6.70. The molecule has 1 aliphatic rings. The van der Waals surface area contributed by atoms with Gasteiger partial charge in [0.05, 0.1) is 5.52 Å². The zero-order valence-electron chi connectivity index (χ0n) is 10.8. The van der Waals surface area contributed by atoms with E-state index in [2.05, 4.69) is 26.1 Å². The van der Waals surface area contributed by atoms with Crippen molar-refractivity contribution in [2.75, 3.05) is 10.6 Å². The lowest BCUT2D eigenvalue weighted by molar-refractivity contribution is 0.810. The number of para-hydroxylation sites is 1. The lowest BCUT2D eigenvalue weighted by atomic mass is 10.1. The molecule has 0 saturated heterocycles. The Hall–Kier alpha value is -2.69. The summed E-state index contributed by atoms with van der Waals surface area (Å²) >= 11 is 0. The molecule has 0 unspecified atom stereocenters. The Morgan fingerprint density at radius 3 is 2.60 bits per heavy atom. The molecule has 2 aromatic carbocycles. The van der Waals surface area contributed by atoms with Crippen LogP contribution in [0, 0.1) is 0 Å². The molecule has 0 saturated carbocycles. The van der Waals surface area contributed by atoms with Gasteiger partial charge in [0.1, 0.15) is 5.52 Å². The van der Waals surface area contributed by atoms with Crippen LogP contribution >= 0.6 is 0 Å². The molecular formula is C15H13N5. The third-order valence-electron chi connectivity index (χ3n) is 3.58. The minimum Gasteiger partial charge on any atom is -0.399 e. The van der Waals surface area contributed by atoms with Crippen LogP contribution in [-0.4, -0.2) is 15.2 Å². The molecule has 0 atom stereocenters. The van der Waals surface area contributed by atoms with Crippen LogP contribution in [0.5, 0.6) is 0 Å². The van der Waals surface area contributed by atoms with Crippen LogP contribution in [0.1, 0.15) is 11.1 Å². The van der Waals surface area contributed by atoms with Crippen molar-refractivity contribution >= 4 is 22.7 Å². The normalized spacial score (nSPS) is 13.7. The van der Waals surface area contributed by atoms with Crippen molar-refractivity contribution in [3.63, 3.8) is 0 Å². The first-order chi connectivity index (χ1) is 9.79. The summed E-state index contributed by atoms with van der Waals surface area (Å²) in [6, 6.07) is 13.8. The maximum atomic E-state index is 5.83. The number of nitrogen functional groups attached to an aromatic ring is 1. The highest BCUT2D eigenvalue weighted by Gasteiger charge is 2.21. The fraction of sp³-hybridized carbons (Fsp3) is 0.133. The number of hydrogen-bond acceptors (Lipinski definition) is 5. The lowest BCUT2D eigenvalue weighted by Crippen LogP contribution is -2.18. The molecule has 2 heterocycles. The molecule has 0 spiro atoms. The molecule has 5 heteroatoms. The first-order valence-corrected chi connectivity index (χ1v) is 6.51. The third-order valence-corrected chi connectivity index (χ3v) is 3.58. The highest BCUT2D eigenvalue weighted by Crippen LogP contribution is 2.27. The van der Waals surface area contributed by atoms with Crippen LogP contribution in [0.2, 0.25) is 0 Å². The average molecular weight is 263 g/mol. The second kappa shape index (κ2) is 4.16. The fourth-order valence-electron chi connectivity index (χ4n) is 2.56. The van der Waals surface area contributed by atoms with E-state index in [1.807, 2.05) is 36.4 Å². The van der Waals surface area contributed by atoms with Crippen LogP contribution in [0.15, 0.2) is 42.5 Å². The Labute approximate surface area is 116 Å². The van der Waals surface area contributed by atoms with Crippen molar-refractivity contribution in [3.8, 4) is 0 Å². The molecular weight excluding hydrogens is 250 g/mol. The minimum absolute atomic E-state index is 0.665. The Morgan fingerprint density at radius 2 is 1.70 bits per heavy atom. The van der Waals surface area contributed by atoms with Gasteiger partial charge >= 0.3 is 0 Å². The van der Waals surface area contributed by atoms with Gasteiger partial charge in [-0.2, -0.15) is 0 Å². The van der Waals surface area contributed by atoms with E-state index in [-0.39, 0.29) is 0 Å². The quantitative estimate of drug-likeness (QED) is 0.681. The van der Waals surface area contributed by atoms with Gasteiger partial charge in [-0.05, 0) is 35.4 Å². The molecule has 5 nitrogen and oxygen atoms in total. The minimum atomic E-state index is 0.665. The second-order valence-corrected chi connectivity index (χ2v) is 4.98. The van der Waals surface area contributed by atoms with Crippen molar-refractivity contribution in [2.24, 2.45) is 0 Å². The molecule has 0 amide bonds. The Morgan fingerprint density at radius 1 is 0.900 bits per heavy atom. The number of nitrogens with two attached hydrogens (primary N) is 1. The maximum Gasteiger partial charge on any atom is 0.246 e. The van der Waals surface area contributed by atoms with Gasteiger partial charge in [0, 0.05) is 18.8 Å². The Balaban J connectivity index is 1.71. The highest BCUT2D eigenvalue weighted by molar-refractivity contribution is 5.74. The van der Waals surface area contributed by atoms with Crippen LogP contribution in [0.3, 0.4) is 0 Å². The number of nitrogens with zero attached hydrogens (tertiary/aromatic N) is 4. The van der Waals surface area contributed by atoms with E-state index < -0.39 is 0 Å². The monoisotopic (exact) mass is 263 g/mol. The number of hydrogen-bond donors (Lipinski definition) is 1. The molecule has 3 aromatic rings. The molecule has 0 fully saturated rings. The fourth-order valence-corrected chi connectivity index (χ4v) is 2.56. The third kappa shape index (κ3) is 1.75. The number of benzene rings is 2. The van der Waals surface area contributed by atoms with E-state index in [0.29, 0.717) is 5.95 Å². The SMILES string of the molecule is Nc1ccc2c(c1)CN(c1nnc3ccccc3n1)C2. The van der Waals surface area contributed by atoms with Gasteiger partial charge in [-0.1, -0.05) is 18.2 Å². The number of rotatable bonds is 1. The summed E-state index contributed by atoms with van der Waals surface area (Å²) < 4.78 is 0. The van der Waals surface area contributed by atoms with Gasteiger partial charge in [-0.3, -0.25) is 0 Å². The molecule has 2 N–H and O–H groups in total. The smallest absolute Gasteiger partial charge is 0.246 e. The maximum absolute atomic E-state index is 5.83. The first-order valence-electron chi connectivity index (χ1n) is 6.51. The van der Waals surface area contributed by atoms with E-state index >= 15 is 0 Å². The summed E-state index contributed by atoms with van der Waals surface area (Å²) in [5.41, 5.74) is 10.8. The van der Waals surface area contributed by atoms with Crippen molar-refractivity contribution in [3.05, 3.63) is 53.6 Å². The molecule has 20 heavy (non-hydrogen) atoms. The Kier molecular flexibility index (Phi) is 2.32. The number of anilines is 2. The second-order valence-electron chi connectivity index (χ2n) is 4.98. The first kappa shape index (κ1) is 11.2. The van der Waals surface area contributed by atoms with Gasteiger partial charge < -0.3 is 10.6 Å². The molecule has 1 aliphatic heterocycles. The molecule has 0 aliphatic carbocycles. The van der Waals surface area contributed by atoms with Crippen LogP contribution in [0.4, 0.5) is 11.6 Å². The topological polar surface area (TPSA) is 67.9 Å². The van der Waals surface area contributed by atoms with Gasteiger partial charge in [-0.15, -0.1) is 10.2 Å². The predicted octanol–water partition coefficient (Wildman–Crippen LogP) is 2.13. The zero-order valence-corrected chi connectivity index (χ0v) is 10.8. The van der Waals surface area contributed by atoms with E-state index in [1.165, 1.54) is 11.1 Å².